The zero-order valence-corrected chi connectivity index (χ0v) is 13.9. The third kappa shape index (κ3) is 2.97. The quantitative estimate of drug-likeness (QED) is 0.904. The lowest BCUT2D eigenvalue weighted by molar-refractivity contribution is 0.498. The molecule has 114 valence electrons. The van der Waals surface area contributed by atoms with Gasteiger partial charge in [0.15, 0.2) is 0 Å². The van der Waals surface area contributed by atoms with Crippen LogP contribution in [0.1, 0.15) is 52.4 Å². The molecule has 2 aromatic rings. The van der Waals surface area contributed by atoms with Crippen molar-refractivity contribution in [2.24, 2.45) is 0 Å². The van der Waals surface area contributed by atoms with E-state index in [1.165, 1.54) is 5.56 Å². The average molecular weight is 285 g/mol. The maximum atomic E-state index is 6.44. The van der Waals surface area contributed by atoms with E-state index < -0.39 is 0 Å². The second-order valence-electron chi connectivity index (χ2n) is 6.58. The first-order valence-corrected chi connectivity index (χ1v) is 7.84. The Kier molecular flexibility index (Phi) is 4.40. The number of nitrogens with two attached hydrogens (primary N) is 1. The van der Waals surface area contributed by atoms with Crippen molar-refractivity contribution in [2.75, 3.05) is 5.73 Å². The first-order valence-electron chi connectivity index (χ1n) is 7.84. The largest absolute Gasteiger partial charge is 0.383 e. The molecule has 1 heterocycles. The Hall–Kier alpha value is -1.77. The Morgan fingerprint density at radius 1 is 1.14 bits per heavy atom. The first kappa shape index (κ1) is 15.6. The molecular weight excluding hydrogens is 258 g/mol. The smallest absolute Gasteiger partial charge is 0.131 e. The van der Waals surface area contributed by atoms with E-state index >= 15 is 0 Å². The summed E-state index contributed by atoms with van der Waals surface area (Å²) in [4.78, 5) is 4.92. The molecule has 0 saturated heterocycles. The van der Waals surface area contributed by atoms with Crippen molar-refractivity contribution in [3.8, 4) is 11.3 Å². The van der Waals surface area contributed by atoms with Crippen molar-refractivity contribution in [2.45, 2.75) is 59.4 Å². The van der Waals surface area contributed by atoms with Crippen LogP contribution in [0.5, 0.6) is 0 Å². The van der Waals surface area contributed by atoms with Gasteiger partial charge in [-0.2, -0.15) is 0 Å². The van der Waals surface area contributed by atoms with Crippen LogP contribution in [-0.2, 0) is 18.4 Å². The summed E-state index contributed by atoms with van der Waals surface area (Å²) in [6, 6.07) is 8.42. The molecule has 0 atom stereocenters. The van der Waals surface area contributed by atoms with E-state index in [0.29, 0.717) is 0 Å². The molecule has 0 aliphatic heterocycles. The third-order valence-corrected chi connectivity index (χ3v) is 3.78. The Balaban J connectivity index is 2.65. The van der Waals surface area contributed by atoms with Crippen molar-refractivity contribution in [1.82, 2.24) is 9.55 Å². The molecule has 0 aliphatic rings. The van der Waals surface area contributed by atoms with Crippen LogP contribution in [0, 0.1) is 0 Å². The van der Waals surface area contributed by atoms with Crippen LogP contribution in [-0.4, -0.2) is 9.55 Å². The molecular formula is C18H27N3. The minimum Gasteiger partial charge on any atom is -0.383 e. The molecule has 21 heavy (non-hydrogen) atoms. The summed E-state index contributed by atoms with van der Waals surface area (Å²) in [5, 5.41) is 0. The molecule has 0 amide bonds. The number of rotatable bonds is 4. The van der Waals surface area contributed by atoms with E-state index in [4.69, 9.17) is 10.7 Å². The number of aryl methyl sites for hydroxylation is 1. The lowest BCUT2D eigenvalue weighted by Gasteiger charge is -2.19. The first-order chi connectivity index (χ1) is 9.90. The third-order valence-electron chi connectivity index (χ3n) is 3.78. The molecule has 0 saturated carbocycles. The van der Waals surface area contributed by atoms with Crippen LogP contribution >= 0.6 is 0 Å². The highest BCUT2D eigenvalue weighted by Crippen LogP contribution is 2.33. The van der Waals surface area contributed by atoms with E-state index in [0.717, 1.165) is 42.3 Å². The van der Waals surface area contributed by atoms with Gasteiger partial charge in [-0.1, -0.05) is 58.9 Å². The van der Waals surface area contributed by atoms with Crippen LogP contribution in [0.3, 0.4) is 0 Å². The van der Waals surface area contributed by atoms with Crippen LogP contribution in [0.15, 0.2) is 24.3 Å². The normalized spacial score (nSPS) is 11.9. The summed E-state index contributed by atoms with van der Waals surface area (Å²) in [7, 11) is 0. The second kappa shape index (κ2) is 5.92. The zero-order valence-electron chi connectivity index (χ0n) is 13.9. The highest BCUT2D eigenvalue weighted by molar-refractivity contribution is 5.74. The summed E-state index contributed by atoms with van der Waals surface area (Å²) < 4.78 is 2.18. The van der Waals surface area contributed by atoms with E-state index in [1.807, 2.05) is 0 Å². The molecule has 1 aromatic heterocycles. The fraction of sp³-hybridized carbons (Fsp3) is 0.500. The molecule has 1 aromatic carbocycles. The fourth-order valence-corrected chi connectivity index (χ4v) is 2.75. The number of benzene rings is 1. The van der Waals surface area contributed by atoms with Gasteiger partial charge >= 0.3 is 0 Å². The van der Waals surface area contributed by atoms with E-state index in [9.17, 15) is 0 Å². The molecule has 0 spiro atoms. The summed E-state index contributed by atoms with van der Waals surface area (Å²) >= 11 is 0. The number of hydrogen-bond donors (Lipinski definition) is 1. The number of aromatic nitrogens is 2. The van der Waals surface area contributed by atoms with Gasteiger partial charge in [-0.25, -0.2) is 4.98 Å². The Morgan fingerprint density at radius 3 is 2.38 bits per heavy atom. The van der Waals surface area contributed by atoms with Gasteiger partial charge < -0.3 is 10.3 Å². The summed E-state index contributed by atoms with van der Waals surface area (Å²) in [6.45, 7) is 11.8. The molecule has 0 aliphatic carbocycles. The fourth-order valence-electron chi connectivity index (χ4n) is 2.75. The second-order valence-corrected chi connectivity index (χ2v) is 6.58. The van der Waals surface area contributed by atoms with Gasteiger partial charge in [0.25, 0.3) is 0 Å². The summed E-state index contributed by atoms with van der Waals surface area (Å²) in [5.41, 5.74) is 9.83. The molecule has 3 nitrogen and oxygen atoms in total. The highest BCUT2D eigenvalue weighted by Gasteiger charge is 2.25. The Bertz CT molecular complexity index is 618. The SMILES string of the molecule is CCCn1c(C(C)(C)C)nc(-c2ccccc2CC)c1N. The number of anilines is 1. The van der Waals surface area contributed by atoms with E-state index in [-0.39, 0.29) is 5.41 Å². The van der Waals surface area contributed by atoms with Crippen molar-refractivity contribution < 1.29 is 0 Å². The van der Waals surface area contributed by atoms with Crippen LogP contribution in [0.2, 0.25) is 0 Å². The highest BCUT2D eigenvalue weighted by atomic mass is 15.1. The number of nitrogens with zero attached hydrogens (tertiary/aromatic N) is 2. The maximum absolute atomic E-state index is 6.44. The topological polar surface area (TPSA) is 43.8 Å². The maximum Gasteiger partial charge on any atom is 0.131 e. The van der Waals surface area contributed by atoms with Crippen molar-refractivity contribution in [1.29, 1.82) is 0 Å². The van der Waals surface area contributed by atoms with Gasteiger partial charge in [0.05, 0.1) is 0 Å². The molecule has 0 fully saturated rings. The number of hydrogen-bond acceptors (Lipinski definition) is 2. The molecule has 0 unspecified atom stereocenters. The standard InChI is InChI=1S/C18H27N3/c1-6-12-21-16(19)15(20-17(21)18(3,4)5)14-11-9-8-10-13(14)7-2/h8-11H,6-7,12,19H2,1-5H3. The number of nitrogen functional groups attached to an aromatic ring is 1. The predicted octanol–water partition coefficient (Wildman–Crippen LogP) is 4.40. The molecule has 2 N–H and O–H groups in total. The van der Waals surface area contributed by atoms with Gasteiger partial charge in [0, 0.05) is 17.5 Å². The molecule has 0 radical (unpaired) electrons. The minimum absolute atomic E-state index is 0.0112. The van der Waals surface area contributed by atoms with Crippen molar-refractivity contribution in [3.63, 3.8) is 0 Å². The molecule has 0 bridgehead atoms. The van der Waals surface area contributed by atoms with Gasteiger partial charge in [0.2, 0.25) is 0 Å². The zero-order chi connectivity index (χ0) is 15.6. The van der Waals surface area contributed by atoms with Crippen molar-refractivity contribution in [3.05, 3.63) is 35.7 Å². The monoisotopic (exact) mass is 285 g/mol. The summed E-state index contributed by atoms with van der Waals surface area (Å²) in [6.07, 6.45) is 2.04. The minimum atomic E-state index is -0.0112. The lowest BCUT2D eigenvalue weighted by Crippen LogP contribution is -2.19. The van der Waals surface area contributed by atoms with Gasteiger partial charge in [-0.15, -0.1) is 0 Å². The van der Waals surface area contributed by atoms with Crippen LogP contribution in [0.25, 0.3) is 11.3 Å². The van der Waals surface area contributed by atoms with Gasteiger partial charge in [-0.05, 0) is 18.4 Å². The summed E-state index contributed by atoms with van der Waals surface area (Å²) in [5.74, 6) is 1.87. The van der Waals surface area contributed by atoms with E-state index in [2.05, 4.69) is 63.5 Å². The van der Waals surface area contributed by atoms with Crippen LogP contribution < -0.4 is 5.73 Å². The molecule has 3 heteroatoms. The lowest BCUT2D eigenvalue weighted by atomic mass is 9.95. The van der Waals surface area contributed by atoms with Gasteiger partial charge in [-0.3, -0.25) is 0 Å². The Labute approximate surface area is 128 Å². The molecule has 2 rings (SSSR count). The Morgan fingerprint density at radius 2 is 1.81 bits per heavy atom. The van der Waals surface area contributed by atoms with E-state index in [1.54, 1.807) is 0 Å². The average Bonchev–Trinajstić information content (AvgIpc) is 2.77. The van der Waals surface area contributed by atoms with Crippen molar-refractivity contribution >= 4 is 5.82 Å². The van der Waals surface area contributed by atoms with Crippen LogP contribution in [0.4, 0.5) is 5.82 Å². The predicted molar refractivity (Wildman–Crippen MR) is 90.4 cm³/mol. The number of imidazole rings is 1. The van der Waals surface area contributed by atoms with Gasteiger partial charge in [0.1, 0.15) is 17.3 Å².